The summed E-state index contributed by atoms with van der Waals surface area (Å²) in [5.74, 6) is 0. The van der Waals surface area contributed by atoms with Gasteiger partial charge < -0.3 is 0 Å². The van der Waals surface area contributed by atoms with Crippen LogP contribution in [0.1, 0.15) is 6.92 Å². The standard InChI is InChI=1S/C6H6F6/c1-2(4(7)8)3(5(9)10)6(11)12/h4-6H,1H3. The van der Waals surface area contributed by atoms with Gasteiger partial charge >= 0.3 is 0 Å². The molecular formula is C6H6F6. The molecule has 6 heteroatoms. The Kier molecular flexibility index (Phi) is 4.12. The van der Waals surface area contributed by atoms with Crippen LogP contribution in [0.25, 0.3) is 0 Å². The Hall–Kier alpha value is -0.680. The monoisotopic (exact) mass is 192 g/mol. The van der Waals surface area contributed by atoms with Crippen molar-refractivity contribution < 1.29 is 26.3 Å². The highest BCUT2D eigenvalue weighted by Crippen LogP contribution is 2.24. The van der Waals surface area contributed by atoms with Crippen molar-refractivity contribution in [3.05, 3.63) is 11.1 Å². The lowest BCUT2D eigenvalue weighted by molar-refractivity contribution is 0.0999. The highest BCUT2D eigenvalue weighted by molar-refractivity contribution is 5.18. The molecule has 0 unspecified atom stereocenters. The maximum absolute atomic E-state index is 11.7. The fourth-order valence-corrected chi connectivity index (χ4v) is 0.565. The van der Waals surface area contributed by atoms with Crippen molar-refractivity contribution in [2.24, 2.45) is 0 Å². The smallest absolute Gasteiger partial charge is 0.205 e. The lowest BCUT2D eigenvalue weighted by Crippen LogP contribution is -2.13. The minimum atomic E-state index is -3.53. The first-order valence-electron chi connectivity index (χ1n) is 2.93. The molecular weight excluding hydrogens is 186 g/mol. The van der Waals surface area contributed by atoms with Crippen LogP contribution in [0.2, 0.25) is 0 Å². The third-order valence-corrected chi connectivity index (χ3v) is 1.25. The molecule has 0 radical (unpaired) electrons. The predicted octanol–water partition coefficient (Wildman–Crippen LogP) is 3.10. The SMILES string of the molecule is CC(=C(C(F)F)C(F)F)C(F)F. The summed E-state index contributed by atoms with van der Waals surface area (Å²) in [4.78, 5) is 0. The number of halogens is 6. The van der Waals surface area contributed by atoms with Crippen molar-refractivity contribution >= 4 is 0 Å². The number of alkyl halides is 6. The first kappa shape index (κ1) is 11.3. The normalized spacial score (nSPS) is 11.5. The number of hydrogen-bond acceptors (Lipinski definition) is 0. The van der Waals surface area contributed by atoms with Gasteiger partial charge in [0, 0.05) is 5.57 Å². The zero-order valence-corrected chi connectivity index (χ0v) is 6.00. The van der Waals surface area contributed by atoms with E-state index in [1.54, 1.807) is 0 Å². The van der Waals surface area contributed by atoms with Crippen molar-refractivity contribution in [2.45, 2.75) is 26.2 Å². The van der Waals surface area contributed by atoms with E-state index in [9.17, 15) is 26.3 Å². The first-order chi connectivity index (χ1) is 5.37. The van der Waals surface area contributed by atoms with Crippen LogP contribution in [0.15, 0.2) is 11.1 Å². The van der Waals surface area contributed by atoms with Gasteiger partial charge in [-0.3, -0.25) is 0 Å². The molecule has 12 heavy (non-hydrogen) atoms. The summed E-state index contributed by atoms with van der Waals surface area (Å²) in [6, 6.07) is 0. The fraction of sp³-hybridized carbons (Fsp3) is 0.667. The average molecular weight is 192 g/mol. The Morgan fingerprint density at radius 3 is 1.17 bits per heavy atom. The summed E-state index contributed by atoms with van der Waals surface area (Å²) in [5, 5.41) is 0. The lowest BCUT2D eigenvalue weighted by Gasteiger charge is -2.09. The summed E-state index contributed by atoms with van der Waals surface area (Å²) in [7, 11) is 0. The van der Waals surface area contributed by atoms with Gasteiger partial charge in [0.15, 0.2) is 0 Å². The topological polar surface area (TPSA) is 0 Å². The first-order valence-corrected chi connectivity index (χ1v) is 2.93. The van der Waals surface area contributed by atoms with Crippen molar-refractivity contribution in [3.63, 3.8) is 0 Å². The molecule has 0 bridgehead atoms. The van der Waals surface area contributed by atoms with Gasteiger partial charge in [0.1, 0.15) is 0 Å². The molecule has 0 aliphatic carbocycles. The molecule has 0 N–H and O–H groups in total. The van der Waals surface area contributed by atoms with Gasteiger partial charge in [-0.15, -0.1) is 0 Å². The van der Waals surface area contributed by atoms with Gasteiger partial charge in [-0.25, -0.2) is 26.3 Å². The van der Waals surface area contributed by atoms with Crippen LogP contribution in [0.3, 0.4) is 0 Å². The van der Waals surface area contributed by atoms with Crippen molar-refractivity contribution in [2.75, 3.05) is 0 Å². The Balaban J connectivity index is 4.81. The molecule has 0 heterocycles. The predicted molar refractivity (Wildman–Crippen MR) is 30.7 cm³/mol. The van der Waals surface area contributed by atoms with Crippen LogP contribution in [-0.4, -0.2) is 19.3 Å². The molecule has 0 amide bonds. The largest absolute Gasteiger partial charge is 0.265 e. The molecule has 0 spiro atoms. The van der Waals surface area contributed by atoms with E-state index in [-0.39, 0.29) is 0 Å². The second-order valence-corrected chi connectivity index (χ2v) is 2.04. The molecule has 0 aliphatic rings. The van der Waals surface area contributed by atoms with Gasteiger partial charge in [-0.2, -0.15) is 0 Å². The van der Waals surface area contributed by atoms with Gasteiger partial charge in [0.05, 0.1) is 5.57 Å². The zero-order chi connectivity index (χ0) is 9.89. The van der Waals surface area contributed by atoms with Crippen LogP contribution in [-0.2, 0) is 0 Å². The van der Waals surface area contributed by atoms with E-state index in [1.165, 1.54) is 0 Å². The molecule has 0 saturated carbocycles. The third kappa shape index (κ3) is 2.75. The Morgan fingerprint density at radius 1 is 0.750 bits per heavy atom. The number of rotatable bonds is 3. The van der Waals surface area contributed by atoms with Crippen LogP contribution >= 0.6 is 0 Å². The van der Waals surface area contributed by atoms with Crippen molar-refractivity contribution in [1.82, 2.24) is 0 Å². The Morgan fingerprint density at radius 2 is 1.08 bits per heavy atom. The van der Waals surface area contributed by atoms with E-state index in [0.29, 0.717) is 6.92 Å². The molecule has 0 aromatic heterocycles. The highest BCUT2D eigenvalue weighted by Gasteiger charge is 2.27. The average Bonchev–Trinajstić information content (AvgIpc) is 1.85. The molecule has 0 aliphatic heterocycles. The number of hydrogen-bond donors (Lipinski definition) is 0. The van der Waals surface area contributed by atoms with E-state index in [0.717, 1.165) is 0 Å². The van der Waals surface area contributed by atoms with Crippen LogP contribution in [0, 0.1) is 0 Å². The van der Waals surface area contributed by atoms with E-state index >= 15 is 0 Å². The van der Waals surface area contributed by atoms with Crippen LogP contribution in [0.4, 0.5) is 26.3 Å². The summed E-state index contributed by atoms with van der Waals surface area (Å²) < 4.78 is 70.1. The lowest BCUT2D eigenvalue weighted by atomic mass is 10.1. The maximum Gasteiger partial charge on any atom is 0.265 e. The molecule has 0 aromatic carbocycles. The van der Waals surface area contributed by atoms with Crippen LogP contribution < -0.4 is 0 Å². The minimum Gasteiger partial charge on any atom is -0.205 e. The van der Waals surface area contributed by atoms with Gasteiger partial charge in [0.25, 0.3) is 19.3 Å². The molecule has 0 saturated heterocycles. The molecule has 0 aromatic rings. The Bertz CT molecular complexity index is 161. The number of allylic oxidation sites excluding steroid dienone is 2. The van der Waals surface area contributed by atoms with E-state index in [4.69, 9.17) is 0 Å². The van der Waals surface area contributed by atoms with E-state index < -0.39 is 30.4 Å². The zero-order valence-electron chi connectivity index (χ0n) is 6.00. The molecule has 0 rings (SSSR count). The summed E-state index contributed by atoms with van der Waals surface area (Å²) in [5.41, 5.74) is -3.02. The fourth-order valence-electron chi connectivity index (χ4n) is 0.565. The maximum atomic E-state index is 11.7. The van der Waals surface area contributed by atoms with Gasteiger partial charge in [-0.1, -0.05) is 0 Å². The molecule has 0 fully saturated rings. The summed E-state index contributed by atoms with van der Waals surface area (Å²) in [6.45, 7) is 0.568. The molecule has 0 atom stereocenters. The summed E-state index contributed by atoms with van der Waals surface area (Å²) >= 11 is 0. The highest BCUT2D eigenvalue weighted by atomic mass is 19.3. The Labute approximate surface area is 64.9 Å². The van der Waals surface area contributed by atoms with E-state index in [1.807, 2.05) is 0 Å². The van der Waals surface area contributed by atoms with E-state index in [2.05, 4.69) is 0 Å². The second-order valence-electron chi connectivity index (χ2n) is 2.04. The van der Waals surface area contributed by atoms with Gasteiger partial charge in [0.2, 0.25) is 0 Å². The molecule has 72 valence electrons. The van der Waals surface area contributed by atoms with Crippen LogP contribution in [0.5, 0.6) is 0 Å². The van der Waals surface area contributed by atoms with Gasteiger partial charge in [-0.05, 0) is 6.92 Å². The quantitative estimate of drug-likeness (QED) is 0.476. The second kappa shape index (κ2) is 4.37. The molecule has 0 nitrogen and oxygen atoms in total. The minimum absolute atomic E-state index is 0.568. The van der Waals surface area contributed by atoms with Crippen molar-refractivity contribution in [1.29, 1.82) is 0 Å². The van der Waals surface area contributed by atoms with Crippen molar-refractivity contribution in [3.8, 4) is 0 Å². The third-order valence-electron chi connectivity index (χ3n) is 1.25. The summed E-state index contributed by atoms with van der Waals surface area (Å²) in [6.07, 6.45) is -10.3.